The molecule has 7 nitrogen and oxygen atoms in total. The zero-order valence-electron chi connectivity index (χ0n) is 15.6. The molecule has 3 rings (SSSR count). The first kappa shape index (κ1) is 18.6. The molecule has 0 aliphatic carbocycles. The highest BCUT2D eigenvalue weighted by molar-refractivity contribution is 5.99. The average Bonchev–Trinajstić information content (AvgIpc) is 2.71. The molecule has 0 spiro atoms. The lowest BCUT2D eigenvalue weighted by molar-refractivity contribution is -0.120. The summed E-state index contributed by atoms with van der Waals surface area (Å²) < 4.78 is 21.5. The minimum atomic E-state index is -0.223. The average molecular weight is 370 g/mol. The van der Waals surface area contributed by atoms with E-state index in [0.717, 1.165) is 16.9 Å². The molecule has 27 heavy (non-hydrogen) atoms. The van der Waals surface area contributed by atoms with Crippen LogP contribution in [0.15, 0.2) is 41.5 Å². The monoisotopic (exact) mass is 370 g/mol. The van der Waals surface area contributed by atoms with Crippen molar-refractivity contribution in [3.8, 4) is 23.0 Å². The highest BCUT2D eigenvalue weighted by Crippen LogP contribution is 2.31. The van der Waals surface area contributed by atoms with E-state index in [2.05, 4.69) is 10.5 Å². The minimum absolute atomic E-state index is 0.179. The maximum atomic E-state index is 12.2. The minimum Gasteiger partial charge on any atom is -0.493 e. The summed E-state index contributed by atoms with van der Waals surface area (Å²) >= 11 is 0. The maximum absolute atomic E-state index is 12.2. The van der Waals surface area contributed by atoms with Crippen LogP contribution in [0, 0.1) is 0 Å². The van der Waals surface area contributed by atoms with E-state index in [-0.39, 0.29) is 12.3 Å². The number of hydrazone groups is 1. The standard InChI is InChI=1S/C20H22N2O5/c1-13(15-5-7-17-19(12-15)27-9-8-26-17)21-22-20(23)11-14-4-6-16(24-2)18(10-14)25-3/h4-7,10,12H,8-9,11H2,1-3H3,(H,22,23)/b21-13-. The first-order valence-electron chi connectivity index (χ1n) is 8.54. The van der Waals surface area contributed by atoms with Crippen LogP contribution in [0.25, 0.3) is 0 Å². The molecule has 7 heteroatoms. The lowest BCUT2D eigenvalue weighted by atomic mass is 10.1. The molecule has 1 aliphatic heterocycles. The summed E-state index contributed by atoms with van der Waals surface area (Å²) in [7, 11) is 3.13. The van der Waals surface area contributed by atoms with Crippen LogP contribution in [0.1, 0.15) is 18.1 Å². The number of carbonyl (C=O) groups is 1. The molecule has 0 saturated heterocycles. The van der Waals surface area contributed by atoms with E-state index in [9.17, 15) is 4.79 Å². The van der Waals surface area contributed by atoms with Gasteiger partial charge in [-0.25, -0.2) is 5.43 Å². The molecule has 0 aromatic heterocycles. The molecule has 1 N–H and O–H groups in total. The van der Waals surface area contributed by atoms with Gasteiger partial charge in [0.1, 0.15) is 13.2 Å². The fourth-order valence-corrected chi connectivity index (χ4v) is 2.69. The van der Waals surface area contributed by atoms with Crippen molar-refractivity contribution in [1.82, 2.24) is 5.43 Å². The first-order chi connectivity index (χ1) is 13.1. The van der Waals surface area contributed by atoms with Gasteiger partial charge in [0.05, 0.1) is 26.4 Å². The Hall–Kier alpha value is -3.22. The molecule has 1 amide bonds. The second-order valence-corrected chi connectivity index (χ2v) is 5.96. The molecule has 0 fully saturated rings. The molecule has 1 aliphatic rings. The highest BCUT2D eigenvalue weighted by atomic mass is 16.6. The normalized spacial score (nSPS) is 13.1. The number of benzene rings is 2. The topological polar surface area (TPSA) is 78.4 Å². The number of carbonyl (C=O) groups excluding carboxylic acids is 1. The van der Waals surface area contributed by atoms with E-state index in [0.29, 0.717) is 36.2 Å². The maximum Gasteiger partial charge on any atom is 0.244 e. The molecule has 1 heterocycles. The molecule has 0 bridgehead atoms. The van der Waals surface area contributed by atoms with Crippen molar-refractivity contribution >= 4 is 11.6 Å². The third-order valence-electron chi connectivity index (χ3n) is 4.12. The third-order valence-corrected chi connectivity index (χ3v) is 4.12. The van der Waals surface area contributed by atoms with E-state index < -0.39 is 0 Å². The van der Waals surface area contributed by atoms with Gasteiger partial charge >= 0.3 is 0 Å². The molecule has 0 atom stereocenters. The second kappa shape index (κ2) is 8.44. The summed E-state index contributed by atoms with van der Waals surface area (Å²) in [5, 5.41) is 4.18. The van der Waals surface area contributed by atoms with Crippen molar-refractivity contribution in [3.05, 3.63) is 47.5 Å². The van der Waals surface area contributed by atoms with Crippen LogP contribution in [0.2, 0.25) is 0 Å². The first-order valence-corrected chi connectivity index (χ1v) is 8.54. The Labute approximate surface area is 157 Å². The van der Waals surface area contributed by atoms with Crippen molar-refractivity contribution in [2.24, 2.45) is 5.10 Å². The van der Waals surface area contributed by atoms with Crippen LogP contribution >= 0.6 is 0 Å². The Morgan fingerprint density at radius 2 is 1.78 bits per heavy atom. The number of nitrogens with zero attached hydrogens (tertiary/aromatic N) is 1. The van der Waals surface area contributed by atoms with Gasteiger partial charge in [-0.05, 0) is 42.8 Å². The zero-order valence-corrected chi connectivity index (χ0v) is 15.6. The number of amides is 1. The van der Waals surface area contributed by atoms with Crippen LogP contribution in [0.4, 0.5) is 0 Å². The van der Waals surface area contributed by atoms with Crippen LogP contribution in [-0.4, -0.2) is 39.1 Å². The summed E-state index contributed by atoms with van der Waals surface area (Å²) in [6, 6.07) is 10.9. The van der Waals surface area contributed by atoms with Gasteiger partial charge in [0.15, 0.2) is 23.0 Å². The summed E-state index contributed by atoms with van der Waals surface area (Å²) in [4.78, 5) is 12.2. The molecular formula is C20H22N2O5. The van der Waals surface area contributed by atoms with Gasteiger partial charge in [-0.1, -0.05) is 6.07 Å². The number of ether oxygens (including phenoxy) is 4. The van der Waals surface area contributed by atoms with Crippen molar-refractivity contribution in [2.45, 2.75) is 13.3 Å². The van der Waals surface area contributed by atoms with Gasteiger partial charge in [-0.3, -0.25) is 4.79 Å². The number of rotatable bonds is 6. The number of hydrogen-bond donors (Lipinski definition) is 1. The van der Waals surface area contributed by atoms with Crippen molar-refractivity contribution in [1.29, 1.82) is 0 Å². The van der Waals surface area contributed by atoms with E-state index in [1.165, 1.54) is 0 Å². The van der Waals surface area contributed by atoms with Gasteiger partial charge in [-0.2, -0.15) is 5.10 Å². The van der Waals surface area contributed by atoms with Crippen LogP contribution < -0.4 is 24.4 Å². The van der Waals surface area contributed by atoms with Gasteiger partial charge in [0.25, 0.3) is 0 Å². The Bertz CT molecular complexity index is 863. The van der Waals surface area contributed by atoms with E-state index >= 15 is 0 Å². The largest absolute Gasteiger partial charge is 0.493 e. The molecule has 142 valence electrons. The van der Waals surface area contributed by atoms with Crippen LogP contribution in [0.5, 0.6) is 23.0 Å². The molecule has 0 unspecified atom stereocenters. The number of nitrogens with one attached hydrogen (secondary N) is 1. The predicted molar refractivity (Wildman–Crippen MR) is 101 cm³/mol. The van der Waals surface area contributed by atoms with Gasteiger partial charge in [-0.15, -0.1) is 0 Å². The predicted octanol–water partition coefficient (Wildman–Crippen LogP) is 2.56. The fraction of sp³-hybridized carbons (Fsp3) is 0.300. The van der Waals surface area contributed by atoms with E-state index in [1.807, 2.05) is 31.2 Å². The molecule has 2 aromatic carbocycles. The van der Waals surface area contributed by atoms with E-state index in [4.69, 9.17) is 18.9 Å². The van der Waals surface area contributed by atoms with Gasteiger partial charge in [0, 0.05) is 5.56 Å². The summed E-state index contributed by atoms with van der Waals surface area (Å²) in [5.41, 5.74) is 4.91. The molecular weight excluding hydrogens is 348 g/mol. The lowest BCUT2D eigenvalue weighted by Gasteiger charge is -2.18. The quantitative estimate of drug-likeness (QED) is 0.625. The summed E-state index contributed by atoms with van der Waals surface area (Å²) in [6.45, 7) is 2.89. The van der Waals surface area contributed by atoms with E-state index in [1.54, 1.807) is 26.4 Å². The Kier molecular flexibility index (Phi) is 5.80. The SMILES string of the molecule is COc1ccc(CC(=O)N/N=C(/C)c2ccc3c(c2)OCCO3)cc1OC. The number of fused-ring (bicyclic) bond motifs is 1. The lowest BCUT2D eigenvalue weighted by Crippen LogP contribution is -2.21. The Morgan fingerprint density at radius 3 is 2.52 bits per heavy atom. The molecule has 2 aromatic rings. The van der Waals surface area contributed by atoms with Crippen LogP contribution in [0.3, 0.4) is 0 Å². The van der Waals surface area contributed by atoms with Gasteiger partial charge in [0.2, 0.25) is 5.91 Å². The Morgan fingerprint density at radius 1 is 1.04 bits per heavy atom. The van der Waals surface area contributed by atoms with Crippen molar-refractivity contribution < 1.29 is 23.7 Å². The van der Waals surface area contributed by atoms with Crippen molar-refractivity contribution in [3.63, 3.8) is 0 Å². The zero-order chi connectivity index (χ0) is 19.2. The van der Waals surface area contributed by atoms with Gasteiger partial charge < -0.3 is 18.9 Å². The van der Waals surface area contributed by atoms with Crippen LogP contribution in [-0.2, 0) is 11.2 Å². The number of hydrogen-bond acceptors (Lipinski definition) is 6. The summed E-state index contributed by atoms with van der Waals surface area (Å²) in [5.74, 6) is 2.38. The second-order valence-electron chi connectivity index (χ2n) is 5.96. The summed E-state index contributed by atoms with van der Waals surface area (Å²) in [6.07, 6.45) is 0.179. The third kappa shape index (κ3) is 4.49. The Balaban J connectivity index is 1.64. The molecule has 0 radical (unpaired) electrons. The number of methoxy groups -OCH3 is 2. The fourth-order valence-electron chi connectivity index (χ4n) is 2.69. The smallest absolute Gasteiger partial charge is 0.244 e. The highest BCUT2D eigenvalue weighted by Gasteiger charge is 2.13. The van der Waals surface area contributed by atoms with Crippen molar-refractivity contribution in [2.75, 3.05) is 27.4 Å². The molecule has 0 saturated carbocycles.